The number of fused-ring (bicyclic) bond motifs is 1. The number of thioether (sulfide) groups is 1. The van der Waals surface area contributed by atoms with Gasteiger partial charge in [-0.2, -0.15) is 4.52 Å². The molecule has 4 rings (SSSR count). The summed E-state index contributed by atoms with van der Waals surface area (Å²) in [6, 6.07) is 6.91. The lowest BCUT2D eigenvalue weighted by atomic mass is 10.2. The summed E-state index contributed by atoms with van der Waals surface area (Å²) in [5.41, 5.74) is 0.952. The zero-order valence-electron chi connectivity index (χ0n) is 11.7. The predicted octanol–water partition coefficient (Wildman–Crippen LogP) is 3.04. The molecule has 1 N–H and O–H groups in total. The summed E-state index contributed by atoms with van der Waals surface area (Å²) in [4.78, 5) is 0.811. The van der Waals surface area contributed by atoms with Crippen LogP contribution >= 0.6 is 23.1 Å². The average molecular weight is 335 g/mol. The molecule has 2 aromatic heterocycles. The van der Waals surface area contributed by atoms with E-state index in [0.29, 0.717) is 5.75 Å². The SMILES string of the molecule is Fc1cccc(CSc2nn3c(C4CCCN4)nnc3s2)c1. The van der Waals surface area contributed by atoms with Gasteiger partial charge in [-0.05, 0) is 37.1 Å². The van der Waals surface area contributed by atoms with Crippen molar-refractivity contribution in [1.29, 1.82) is 0 Å². The molecule has 1 atom stereocenters. The number of halogens is 1. The Balaban J connectivity index is 1.53. The Labute approximate surface area is 135 Å². The van der Waals surface area contributed by atoms with Crippen LogP contribution in [-0.4, -0.2) is 26.4 Å². The Hall–Kier alpha value is -1.51. The van der Waals surface area contributed by atoms with Crippen LogP contribution in [0.2, 0.25) is 0 Å². The van der Waals surface area contributed by atoms with Crippen LogP contribution in [0, 0.1) is 5.82 Å². The first kappa shape index (κ1) is 14.1. The quantitative estimate of drug-likeness (QED) is 0.743. The lowest BCUT2D eigenvalue weighted by Crippen LogP contribution is -2.16. The molecule has 5 nitrogen and oxygen atoms in total. The third kappa shape index (κ3) is 2.73. The largest absolute Gasteiger partial charge is 0.307 e. The van der Waals surface area contributed by atoms with Gasteiger partial charge in [0.2, 0.25) is 4.96 Å². The number of benzene rings is 1. The third-order valence-corrected chi connectivity index (χ3v) is 5.72. The lowest BCUT2D eigenvalue weighted by Gasteiger charge is -2.04. The van der Waals surface area contributed by atoms with E-state index < -0.39 is 0 Å². The number of rotatable bonds is 4. The van der Waals surface area contributed by atoms with Crippen LogP contribution in [0.4, 0.5) is 4.39 Å². The normalized spacial score (nSPS) is 18.3. The zero-order chi connectivity index (χ0) is 14.9. The highest BCUT2D eigenvalue weighted by atomic mass is 32.2. The molecule has 0 spiro atoms. The van der Waals surface area contributed by atoms with Crippen molar-refractivity contribution in [2.45, 2.75) is 29.0 Å². The van der Waals surface area contributed by atoms with Crippen LogP contribution in [0.15, 0.2) is 28.6 Å². The van der Waals surface area contributed by atoms with Crippen molar-refractivity contribution in [3.05, 3.63) is 41.5 Å². The fourth-order valence-corrected chi connectivity index (χ4v) is 4.39. The monoisotopic (exact) mass is 335 g/mol. The molecule has 1 aliphatic rings. The number of aromatic nitrogens is 4. The van der Waals surface area contributed by atoms with Crippen LogP contribution in [0.5, 0.6) is 0 Å². The predicted molar refractivity (Wildman–Crippen MR) is 84.6 cm³/mol. The minimum atomic E-state index is -0.203. The molecule has 0 bridgehead atoms. The number of nitrogens with one attached hydrogen (secondary N) is 1. The van der Waals surface area contributed by atoms with E-state index in [1.807, 2.05) is 10.6 Å². The smallest absolute Gasteiger partial charge is 0.235 e. The molecule has 1 saturated heterocycles. The van der Waals surface area contributed by atoms with Gasteiger partial charge in [0.05, 0.1) is 6.04 Å². The molecule has 8 heteroatoms. The van der Waals surface area contributed by atoms with Crippen LogP contribution in [0.25, 0.3) is 4.96 Å². The summed E-state index contributed by atoms with van der Waals surface area (Å²) in [5, 5.41) is 16.5. The third-order valence-electron chi connectivity index (χ3n) is 3.62. The van der Waals surface area contributed by atoms with Gasteiger partial charge in [0.25, 0.3) is 0 Å². The van der Waals surface area contributed by atoms with Crippen LogP contribution in [0.1, 0.15) is 30.3 Å². The Morgan fingerprint density at radius 3 is 3.18 bits per heavy atom. The zero-order valence-corrected chi connectivity index (χ0v) is 13.3. The summed E-state index contributed by atoms with van der Waals surface area (Å²) in [6.45, 7) is 1.02. The maximum atomic E-state index is 13.2. The number of nitrogens with zero attached hydrogens (tertiary/aromatic N) is 4. The van der Waals surface area contributed by atoms with E-state index in [2.05, 4.69) is 20.6 Å². The van der Waals surface area contributed by atoms with Gasteiger partial charge in [-0.1, -0.05) is 35.2 Å². The molecule has 1 fully saturated rings. The fourth-order valence-electron chi connectivity index (χ4n) is 2.57. The first-order chi connectivity index (χ1) is 10.8. The Bertz CT molecular complexity index is 793. The average Bonchev–Trinajstić information content (AvgIpc) is 3.21. The second-order valence-electron chi connectivity index (χ2n) is 5.19. The van der Waals surface area contributed by atoms with E-state index in [4.69, 9.17) is 0 Å². The van der Waals surface area contributed by atoms with E-state index in [1.54, 1.807) is 23.9 Å². The molecule has 0 saturated carbocycles. The van der Waals surface area contributed by atoms with Crippen molar-refractivity contribution >= 4 is 28.1 Å². The summed E-state index contributed by atoms with van der Waals surface area (Å²) in [7, 11) is 0. The Morgan fingerprint density at radius 1 is 1.41 bits per heavy atom. The minimum absolute atomic E-state index is 0.203. The second kappa shape index (κ2) is 5.94. The summed E-state index contributed by atoms with van der Waals surface area (Å²) >= 11 is 3.12. The van der Waals surface area contributed by atoms with Crippen LogP contribution in [-0.2, 0) is 5.75 Å². The molecule has 3 heterocycles. The highest BCUT2D eigenvalue weighted by molar-refractivity contribution is 8.00. The van der Waals surface area contributed by atoms with Gasteiger partial charge in [-0.3, -0.25) is 0 Å². The van der Waals surface area contributed by atoms with Crippen molar-refractivity contribution in [1.82, 2.24) is 25.1 Å². The topological polar surface area (TPSA) is 55.1 Å². The highest BCUT2D eigenvalue weighted by Crippen LogP contribution is 2.30. The first-order valence-electron chi connectivity index (χ1n) is 7.12. The summed E-state index contributed by atoms with van der Waals surface area (Å²) in [6.07, 6.45) is 2.23. The fraction of sp³-hybridized carbons (Fsp3) is 0.357. The van der Waals surface area contributed by atoms with E-state index in [9.17, 15) is 4.39 Å². The van der Waals surface area contributed by atoms with Gasteiger partial charge in [0.1, 0.15) is 5.82 Å². The maximum absolute atomic E-state index is 13.2. The van der Waals surface area contributed by atoms with Crippen molar-refractivity contribution < 1.29 is 4.39 Å². The van der Waals surface area contributed by atoms with Crippen molar-refractivity contribution in [2.75, 3.05) is 6.54 Å². The van der Waals surface area contributed by atoms with Gasteiger partial charge >= 0.3 is 0 Å². The summed E-state index contributed by atoms with van der Waals surface area (Å²) < 4.78 is 15.9. The van der Waals surface area contributed by atoms with E-state index >= 15 is 0 Å². The molecule has 114 valence electrons. The second-order valence-corrected chi connectivity index (χ2v) is 7.37. The first-order valence-corrected chi connectivity index (χ1v) is 8.92. The van der Waals surface area contributed by atoms with Gasteiger partial charge in [-0.25, -0.2) is 4.39 Å². The molecule has 0 aliphatic carbocycles. The molecule has 0 amide bonds. The van der Waals surface area contributed by atoms with Crippen molar-refractivity contribution in [2.24, 2.45) is 0 Å². The van der Waals surface area contributed by atoms with Crippen molar-refractivity contribution in [3.63, 3.8) is 0 Å². The molecule has 3 aromatic rings. The van der Waals surface area contributed by atoms with E-state index in [0.717, 1.165) is 40.1 Å². The lowest BCUT2D eigenvalue weighted by molar-refractivity contribution is 0.582. The molecular formula is C14H14FN5S2. The van der Waals surface area contributed by atoms with Gasteiger partial charge < -0.3 is 5.32 Å². The van der Waals surface area contributed by atoms with Crippen molar-refractivity contribution in [3.8, 4) is 0 Å². The number of hydrogen-bond donors (Lipinski definition) is 1. The van der Waals surface area contributed by atoms with Gasteiger partial charge in [0.15, 0.2) is 10.2 Å². The molecule has 1 aromatic carbocycles. The Kier molecular flexibility index (Phi) is 3.81. The van der Waals surface area contributed by atoms with Crippen LogP contribution < -0.4 is 5.32 Å². The van der Waals surface area contributed by atoms with E-state index in [-0.39, 0.29) is 11.9 Å². The summed E-state index contributed by atoms with van der Waals surface area (Å²) in [5.74, 6) is 1.38. The molecule has 0 radical (unpaired) electrons. The minimum Gasteiger partial charge on any atom is -0.307 e. The van der Waals surface area contributed by atoms with Gasteiger partial charge in [-0.15, -0.1) is 15.3 Å². The Morgan fingerprint density at radius 2 is 2.36 bits per heavy atom. The molecule has 1 unspecified atom stereocenters. The molecule has 22 heavy (non-hydrogen) atoms. The van der Waals surface area contributed by atoms with Crippen LogP contribution in [0.3, 0.4) is 0 Å². The highest BCUT2D eigenvalue weighted by Gasteiger charge is 2.23. The molecular weight excluding hydrogens is 321 g/mol. The molecule has 1 aliphatic heterocycles. The number of hydrogen-bond acceptors (Lipinski definition) is 6. The standard InChI is InChI=1S/C14H14FN5S2/c15-10-4-1-3-9(7-10)8-21-14-19-20-12(11-5-2-6-16-11)17-18-13(20)22-14/h1,3-4,7,11,16H,2,5-6,8H2. The van der Waals surface area contributed by atoms with Gasteiger partial charge in [0, 0.05) is 5.75 Å². The van der Waals surface area contributed by atoms with E-state index in [1.165, 1.54) is 17.4 Å². The maximum Gasteiger partial charge on any atom is 0.235 e.